The van der Waals surface area contributed by atoms with Crippen LogP contribution in [0.2, 0.25) is 5.15 Å². The topological polar surface area (TPSA) is 57.9 Å². The molecule has 0 fully saturated rings. The average Bonchev–Trinajstić information content (AvgIpc) is 2.99. The lowest BCUT2D eigenvalue weighted by molar-refractivity contribution is 0.416. The van der Waals surface area contributed by atoms with Gasteiger partial charge in [0.1, 0.15) is 17.0 Å². The molecule has 1 heterocycles. The summed E-state index contributed by atoms with van der Waals surface area (Å²) in [6.45, 7) is 0. The maximum Gasteiger partial charge on any atom is 0.168 e. The zero-order chi connectivity index (χ0) is 15.7. The third-order valence-corrected chi connectivity index (χ3v) is 4.05. The molecule has 0 saturated heterocycles. The second-order valence-electron chi connectivity index (χ2n) is 5.03. The highest BCUT2D eigenvalue weighted by molar-refractivity contribution is 6.30. The summed E-state index contributed by atoms with van der Waals surface area (Å²) in [7, 11) is 1.57. The Bertz CT molecular complexity index is 786. The summed E-state index contributed by atoms with van der Waals surface area (Å²) in [4.78, 5) is 3.94. The fourth-order valence-electron chi connectivity index (χ4n) is 2.70. The van der Waals surface area contributed by atoms with Crippen LogP contribution < -0.4 is 10.1 Å². The third kappa shape index (κ3) is 2.46. The second kappa shape index (κ2) is 5.82. The zero-order valence-electron chi connectivity index (χ0n) is 11.9. The van der Waals surface area contributed by atoms with E-state index in [1.165, 1.54) is 5.56 Å². The number of ether oxygens (including phenoxy) is 1. The summed E-state index contributed by atoms with van der Waals surface area (Å²) < 4.78 is 19.5. The number of benzene rings is 1. The molecule has 0 amide bonds. The number of hydrogen-bond donors (Lipinski definition) is 1. The summed E-state index contributed by atoms with van der Waals surface area (Å²) in [6, 6.07) is 6.77. The van der Waals surface area contributed by atoms with Crippen LogP contribution in [0.15, 0.2) is 18.2 Å². The molecule has 1 aliphatic carbocycles. The predicted molar refractivity (Wildman–Crippen MR) is 82.2 cm³/mol. The van der Waals surface area contributed by atoms with Crippen molar-refractivity contribution in [2.45, 2.75) is 19.3 Å². The first-order chi connectivity index (χ1) is 10.6. The molecule has 0 bridgehead atoms. The van der Waals surface area contributed by atoms with Crippen molar-refractivity contribution in [3.05, 3.63) is 45.9 Å². The van der Waals surface area contributed by atoms with Crippen molar-refractivity contribution in [3.8, 4) is 11.8 Å². The Morgan fingerprint density at radius 3 is 2.95 bits per heavy atom. The van der Waals surface area contributed by atoms with E-state index in [1.54, 1.807) is 13.2 Å². The van der Waals surface area contributed by atoms with Crippen LogP contribution in [-0.2, 0) is 12.8 Å². The van der Waals surface area contributed by atoms with Crippen LogP contribution in [0.5, 0.6) is 5.75 Å². The van der Waals surface area contributed by atoms with E-state index in [0.717, 1.165) is 30.9 Å². The van der Waals surface area contributed by atoms with Gasteiger partial charge < -0.3 is 10.1 Å². The number of nitriles is 1. The van der Waals surface area contributed by atoms with Gasteiger partial charge in [-0.3, -0.25) is 0 Å². The number of fused-ring (bicyclic) bond motifs is 1. The molecule has 6 heteroatoms. The lowest BCUT2D eigenvalue weighted by atomic mass is 10.1. The molecule has 112 valence electrons. The number of pyridine rings is 1. The highest BCUT2D eigenvalue weighted by Crippen LogP contribution is 2.38. The molecule has 22 heavy (non-hydrogen) atoms. The van der Waals surface area contributed by atoms with Gasteiger partial charge in [0.15, 0.2) is 11.6 Å². The number of anilines is 2. The number of hydrogen-bond acceptors (Lipinski definition) is 4. The summed E-state index contributed by atoms with van der Waals surface area (Å²) in [5, 5.41) is 11.8. The second-order valence-corrected chi connectivity index (χ2v) is 5.39. The van der Waals surface area contributed by atoms with Crippen LogP contribution in [0.4, 0.5) is 15.9 Å². The van der Waals surface area contributed by atoms with Gasteiger partial charge >= 0.3 is 0 Å². The van der Waals surface area contributed by atoms with Gasteiger partial charge in [-0.05, 0) is 42.5 Å². The molecular weight excluding hydrogens is 305 g/mol. The van der Waals surface area contributed by atoms with E-state index in [-0.39, 0.29) is 16.5 Å². The molecule has 0 saturated carbocycles. The summed E-state index contributed by atoms with van der Waals surface area (Å²) in [6.07, 6.45) is 2.96. The van der Waals surface area contributed by atoms with Gasteiger partial charge in [-0.15, -0.1) is 0 Å². The Labute approximate surface area is 132 Å². The van der Waals surface area contributed by atoms with Gasteiger partial charge in [0, 0.05) is 0 Å². The van der Waals surface area contributed by atoms with Crippen molar-refractivity contribution in [1.82, 2.24) is 4.98 Å². The molecule has 1 aromatic heterocycles. The molecule has 1 aromatic carbocycles. The number of aromatic nitrogens is 1. The van der Waals surface area contributed by atoms with Gasteiger partial charge in [-0.25, -0.2) is 9.37 Å². The van der Waals surface area contributed by atoms with Crippen molar-refractivity contribution >= 4 is 23.1 Å². The molecule has 1 aliphatic rings. The first-order valence-electron chi connectivity index (χ1n) is 6.86. The Balaban J connectivity index is 2.06. The van der Waals surface area contributed by atoms with E-state index in [2.05, 4.69) is 10.3 Å². The molecule has 3 rings (SSSR count). The van der Waals surface area contributed by atoms with Crippen LogP contribution in [0.25, 0.3) is 0 Å². The molecular formula is C16H13ClFN3O. The molecule has 2 aromatic rings. The predicted octanol–water partition coefficient (Wildman–Crippen LogP) is 3.99. The summed E-state index contributed by atoms with van der Waals surface area (Å²) >= 11 is 5.89. The van der Waals surface area contributed by atoms with Crippen molar-refractivity contribution in [2.24, 2.45) is 0 Å². The fourth-order valence-corrected chi connectivity index (χ4v) is 2.88. The highest BCUT2D eigenvalue weighted by atomic mass is 35.5. The van der Waals surface area contributed by atoms with Crippen molar-refractivity contribution < 1.29 is 9.13 Å². The fraction of sp³-hybridized carbons (Fsp3) is 0.250. The lowest BCUT2D eigenvalue weighted by Crippen LogP contribution is -2.04. The van der Waals surface area contributed by atoms with Gasteiger partial charge in [-0.1, -0.05) is 17.7 Å². The lowest BCUT2D eigenvalue weighted by Gasteiger charge is -2.16. The van der Waals surface area contributed by atoms with E-state index in [0.29, 0.717) is 11.4 Å². The van der Waals surface area contributed by atoms with Gasteiger partial charge in [-0.2, -0.15) is 5.26 Å². The number of rotatable bonds is 3. The molecule has 0 radical (unpaired) electrons. The Morgan fingerprint density at radius 2 is 2.23 bits per heavy atom. The van der Waals surface area contributed by atoms with Crippen LogP contribution in [-0.4, -0.2) is 12.1 Å². The van der Waals surface area contributed by atoms with E-state index in [4.69, 9.17) is 21.6 Å². The summed E-state index contributed by atoms with van der Waals surface area (Å²) in [5.74, 6) is -0.0106. The molecule has 4 nitrogen and oxygen atoms in total. The van der Waals surface area contributed by atoms with E-state index in [1.807, 2.05) is 12.1 Å². The van der Waals surface area contributed by atoms with Crippen LogP contribution in [0.1, 0.15) is 23.1 Å². The van der Waals surface area contributed by atoms with Crippen LogP contribution >= 0.6 is 11.6 Å². The third-order valence-electron chi connectivity index (χ3n) is 3.76. The smallest absolute Gasteiger partial charge is 0.168 e. The van der Waals surface area contributed by atoms with Gasteiger partial charge in [0.25, 0.3) is 0 Å². The number of nitrogens with one attached hydrogen (secondary N) is 1. The molecule has 0 unspecified atom stereocenters. The molecule has 1 N–H and O–H groups in total. The van der Waals surface area contributed by atoms with Crippen molar-refractivity contribution in [2.75, 3.05) is 12.4 Å². The van der Waals surface area contributed by atoms with E-state index < -0.39 is 5.82 Å². The Kier molecular flexibility index (Phi) is 3.86. The van der Waals surface area contributed by atoms with Gasteiger partial charge in [0.2, 0.25) is 0 Å². The standard InChI is InChI=1S/C16H13ClFN3O/c1-22-13-6-5-9-3-2-4-11(9)14(13)20-16-12(18)7-10(8-19)15(17)21-16/h5-7H,2-4H2,1H3,(H,20,21). The van der Waals surface area contributed by atoms with E-state index in [9.17, 15) is 4.39 Å². The maximum absolute atomic E-state index is 14.1. The minimum atomic E-state index is -0.626. The number of methoxy groups -OCH3 is 1. The maximum atomic E-state index is 14.1. The minimum Gasteiger partial charge on any atom is -0.495 e. The Morgan fingerprint density at radius 1 is 1.41 bits per heavy atom. The van der Waals surface area contributed by atoms with E-state index >= 15 is 0 Å². The summed E-state index contributed by atoms with van der Waals surface area (Å²) in [5.41, 5.74) is 3.06. The van der Waals surface area contributed by atoms with Gasteiger partial charge in [0.05, 0.1) is 18.4 Å². The van der Waals surface area contributed by atoms with Crippen molar-refractivity contribution in [1.29, 1.82) is 5.26 Å². The number of aryl methyl sites for hydroxylation is 1. The van der Waals surface area contributed by atoms with Crippen LogP contribution in [0, 0.1) is 17.1 Å². The minimum absolute atomic E-state index is 0.00923. The molecule has 0 atom stereocenters. The normalized spacial score (nSPS) is 12.6. The quantitative estimate of drug-likeness (QED) is 0.870. The highest BCUT2D eigenvalue weighted by Gasteiger charge is 2.20. The number of halogens is 2. The Hall–Kier alpha value is -2.32. The van der Waals surface area contributed by atoms with Crippen LogP contribution in [0.3, 0.4) is 0 Å². The zero-order valence-corrected chi connectivity index (χ0v) is 12.7. The first-order valence-corrected chi connectivity index (χ1v) is 7.23. The first kappa shape index (κ1) is 14.6. The number of nitrogens with zero attached hydrogens (tertiary/aromatic N) is 2. The monoisotopic (exact) mass is 317 g/mol. The largest absolute Gasteiger partial charge is 0.495 e. The molecule has 0 spiro atoms. The average molecular weight is 318 g/mol. The molecule has 0 aliphatic heterocycles. The van der Waals surface area contributed by atoms with Crippen molar-refractivity contribution in [3.63, 3.8) is 0 Å². The SMILES string of the molecule is COc1ccc2c(c1Nc1nc(Cl)c(C#N)cc1F)CCC2.